The molecule has 0 heterocycles. The molecule has 0 bridgehead atoms. The fourth-order valence-electron chi connectivity index (χ4n) is 6.56. The summed E-state index contributed by atoms with van der Waals surface area (Å²) >= 11 is 0. The van der Waals surface area contributed by atoms with E-state index in [1.807, 2.05) is 12.2 Å². The van der Waals surface area contributed by atoms with Gasteiger partial charge in [-0.1, -0.05) is 32.4 Å². The van der Waals surface area contributed by atoms with Crippen LogP contribution in [0.2, 0.25) is 0 Å². The Hall–Kier alpha value is -0.890. The zero-order valence-corrected chi connectivity index (χ0v) is 15.0. The summed E-state index contributed by atoms with van der Waals surface area (Å²) < 4.78 is 0. The fourth-order valence-corrected chi connectivity index (χ4v) is 6.56. The third kappa shape index (κ3) is 2.13. The van der Waals surface area contributed by atoms with Gasteiger partial charge in [-0.25, -0.2) is 0 Å². The maximum atomic E-state index is 11.1. The molecule has 6 atom stereocenters. The number of aliphatic hydroxyl groups is 1. The smallest absolute Gasteiger partial charge is 0.142 e. The first-order valence-corrected chi connectivity index (χ1v) is 9.37. The third-order valence-corrected chi connectivity index (χ3v) is 8.29. The predicted molar refractivity (Wildman–Crippen MR) is 94.0 cm³/mol. The predicted octanol–water partition coefficient (Wildman–Crippen LogP) is 4.68. The Morgan fingerprint density at radius 1 is 1.22 bits per heavy atom. The van der Waals surface area contributed by atoms with Gasteiger partial charge < -0.3 is 5.11 Å². The second kappa shape index (κ2) is 5.58. The van der Waals surface area contributed by atoms with Crippen molar-refractivity contribution in [2.45, 2.75) is 71.3 Å². The van der Waals surface area contributed by atoms with E-state index < -0.39 is 5.60 Å². The third-order valence-electron chi connectivity index (χ3n) is 8.29. The molecular formula is C21H32O2. The average Bonchev–Trinajstić information content (AvgIpc) is 2.82. The molecule has 3 saturated carbocycles. The van der Waals surface area contributed by atoms with Gasteiger partial charge in [0, 0.05) is 5.41 Å². The van der Waals surface area contributed by atoms with Gasteiger partial charge in [0.1, 0.15) is 6.29 Å². The summed E-state index contributed by atoms with van der Waals surface area (Å²) in [6.45, 7) is 10.9. The van der Waals surface area contributed by atoms with Crippen LogP contribution in [0.5, 0.6) is 0 Å². The summed E-state index contributed by atoms with van der Waals surface area (Å²) in [5.74, 6) is 1.92. The van der Waals surface area contributed by atoms with Crippen molar-refractivity contribution in [2.75, 3.05) is 0 Å². The molecule has 23 heavy (non-hydrogen) atoms. The van der Waals surface area contributed by atoms with Crippen molar-refractivity contribution in [1.82, 2.24) is 0 Å². The number of allylic oxidation sites excluding steroid dienone is 2. The van der Waals surface area contributed by atoms with Crippen LogP contribution in [0.4, 0.5) is 0 Å². The van der Waals surface area contributed by atoms with Crippen LogP contribution in [0.25, 0.3) is 0 Å². The number of fused-ring (bicyclic) bond motifs is 3. The molecule has 3 aliphatic carbocycles. The first kappa shape index (κ1) is 17.0. The molecule has 128 valence electrons. The monoisotopic (exact) mass is 316 g/mol. The molecule has 2 heteroatoms. The number of carbonyl (C=O) groups is 1. The van der Waals surface area contributed by atoms with Gasteiger partial charge in [-0.3, -0.25) is 4.79 Å². The molecule has 3 aliphatic rings. The molecule has 3 fully saturated rings. The zero-order chi connectivity index (χ0) is 16.9. The van der Waals surface area contributed by atoms with Crippen molar-refractivity contribution in [1.29, 1.82) is 0 Å². The summed E-state index contributed by atoms with van der Waals surface area (Å²) in [5, 5.41) is 11.1. The molecule has 3 rings (SSSR count). The Kier molecular flexibility index (Phi) is 4.11. The minimum absolute atomic E-state index is 0.0174. The van der Waals surface area contributed by atoms with Crippen molar-refractivity contribution in [3.05, 3.63) is 24.3 Å². The van der Waals surface area contributed by atoms with Crippen LogP contribution in [-0.4, -0.2) is 17.0 Å². The summed E-state index contributed by atoms with van der Waals surface area (Å²) in [7, 11) is 0. The Labute approximate surface area is 141 Å². The molecule has 5 unspecified atom stereocenters. The van der Waals surface area contributed by atoms with Gasteiger partial charge in [-0.15, -0.1) is 6.58 Å². The van der Waals surface area contributed by atoms with Crippen LogP contribution in [0, 0.1) is 28.6 Å². The molecule has 0 spiro atoms. The number of aldehydes is 1. The second-order valence-corrected chi connectivity index (χ2v) is 8.64. The Balaban J connectivity index is 1.97. The lowest BCUT2D eigenvalue weighted by atomic mass is 9.47. The maximum Gasteiger partial charge on any atom is 0.142 e. The lowest BCUT2D eigenvalue weighted by Crippen LogP contribution is -2.53. The van der Waals surface area contributed by atoms with Crippen molar-refractivity contribution in [3.63, 3.8) is 0 Å². The number of hydrogen-bond acceptors (Lipinski definition) is 2. The minimum Gasteiger partial charge on any atom is -0.385 e. The van der Waals surface area contributed by atoms with Gasteiger partial charge in [0.25, 0.3) is 0 Å². The van der Waals surface area contributed by atoms with Gasteiger partial charge in [-0.05, 0) is 74.2 Å². The lowest BCUT2D eigenvalue weighted by Gasteiger charge is -2.58. The van der Waals surface area contributed by atoms with Crippen LogP contribution in [0.1, 0.15) is 65.7 Å². The summed E-state index contributed by atoms with van der Waals surface area (Å²) in [5.41, 5.74) is 0.803. The highest BCUT2D eigenvalue weighted by Crippen LogP contribution is 2.67. The highest BCUT2D eigenvalue weighted by Gasteiger charge is 2.62. The molecule has 0 saturated heterocycles. The fraction of sp³-hybridized carbons (Fsp3) is 0.762. The topological polar surface area (TPSA) is 37.3 Å². The van der Waals surface area contributed by atoms with E-state index in [0.29, 0.717) is 17.8 Å². The highest BCUT2D eigenvalue weighted by atomic mass is 16.3. The lowest BCUT2D eigenvalue weighted by molar-refractivity contribution is -0.105. The quantitative estimate of drug-likeness (QED) is 0.466. The maximum absolute atomic E-state index is 11.1. The van der Waals surface area contributed by atoms with Crippen molar-refractivity contribution in [2.24, 2.45) is 28.6 Å². The van der Waals surface area contributed by atoms with Gasteiger partial charge in [-0.2, -0.15) is 0 Å². The minimum atomic E-state index is -0.690. The van der Waals surface area contributed by atoms with Crippen LogP contribution in [-0.2, 0) is 4.79 Å². The van der Waals surface area contributed by atoms with E-state index in [2.05, 4.69) is 27.4 Å². The van der Waals surface area contributed by atoms with E-state index in [0.717, 1.165) is 44.8 Å². The van der Waals surface area contributed by atoms with Gasteiger partial charge in [0.05, 0.1) is 5.60 Å². The van der Waals surface area contributed by atoms with Crippen LogP contribution in [0.3, 0.4) is 0 Å². The molecule has 0 radical (unpaired) electrons. The van der Waals surface area contributed by atoms with E-state index in [1.54, 1.807) is 0 Å². The van der Waals surface area contributed by atoms with Crippen LogP contribution in [0.15, 0.2) is 24.3 Å². The molecule has 2 nitrogen and oxygen atoms in total. The summed E-state index contributed by atoms with van der Waals surface area (Å²) in [4.78, 5) is 11.1. The van der Waals surface area contributed by atoms with E-state index in [9.17, 15) is 9.90 Å². The summed E-state index contributed by atoms with van der Waals surface area (Å²) in [6, 6.07) is 0. The Bertz CT molecular complexity index is 536. The first-order valence-electron chi connectivity index (χ1n) is 9.37. The van der Waals surface area contributed by atoms with Crippen LogP contribution < -0.4 is 0 Å². The second-order valence-electron chi connectivity index (χ2n) is 8.64. The zero-order valence-electron chi connectivity index (χ0n) is 15.0. The first-order chi connectivity index (χ1) is 10.9. The van der Waals surface area contributed by atoms with E-state index >= 15 is 0 Å². The van der Waals surface area contributed by atoms with E-state index in [1.165, 1.54) is 12.0 Å². The largest absolute Gasteiger partial charge is 0.385 e. The molecule has 0 amide bonds. The SMILES string of the molecule is C=C[C@@]1(O)CCC2C3CC/C(=C/C=O)C(C)(CC)C3CCC21C. The standard InChI is InChI=1S/C21H32O2/c1-5-19(3)15(11-14-22)7-8-16-17(19)9-12-20(4)18(16)10-13-21(20,23)6-2/h6,11,14,16-18,23H,2,5,7-10,12-13H2,1,3-4H3/b15-11-/t16?,17?,18?,19?,20?,21-/m1/s1. The van der Waals surface area contributed by atoms with Crippen molar-refractivity contribution in [3.8, 4) is 0 Å². The number of rotatable bonds is 3. The average molecular weight is 316 g/mol. The normalized spacial score (nSPS) is 51.1. The molecule has 0 aromatic heterocycles. The Morgan fingerprint density at radius 3 is 2.52 bits per heavy atom. The van der Waals surface area contributed by atoms with Crippen LogP contribution >= 0.6 is 0 Å². The van der Waals surface area contributed by atoms with Crippen molar-refractivity contribution < 1.29 is 9.90 Å². The molecule has 0 aliphatic heterocycles. The number of carbonyl (C=O) groups excluding carboxylic acids is 1. The highest BCUT2D eigenvalue weighted by molar-refractivity contribution is 5.66. The molecule has 0 aromatic carbocycles. The van der Waals surface area contributed by atoms with Crippen molar-refractivity contribution >= 4 is 6.29 Å². The Morgan fingerprint density at radius 2 is 1.91 bits per heavy atom. The molecule has 0 aromatic rings. The van der Waals surface area contributed by atoms with E-state index in [4.69, 9.17) is 0 Å². The molecular weight excluding hydrogens is 284 g/mol. The van der Waals surface area contributed by atoms with Gasteiger partial charge in [0.15, 0.2) is 0 Å². The van der Waals surface area contributed by atoms with Gasteiger partial charge >= 0.3 is 0 Å². The van der Waals surface area contributed by atoms with Gasteiger partial charge in [0.2, 0.25) is 0 Å². The molecule has 1 N–H and O–H groups in total. The number of hydrogen-bond donors (Lipinski definition) is 1. The van der Waals surface area contributed by atoms with E-state index in [-0.39, 0.29) is 10.8 Å². The summed E-state index contributed by atoms with van der Waals surface area (Å²) in [6.07, 6.45) is 12.2.